The van der Waals surface area contributed by atoms with Gasteiger partial charge in [-0.25, -0.2) is 0 Å². The number of hydrogen-bond donors (Lipinski definition) is 7. The lowest BCUT2D eigenvalue weighted by atomic mass is 9.96. The smallest absolute Gasteiger partial charge is 0.325 e. The molecule has 0 radical (unpaired) electrons. The highest BCUT2D eigenvalue weighted by Gasteiger charge is 2.32. The number of carbonyl (C=O) groups excluding carboxylic acids is 4. The number of hydrogen-bond acceptors (Lipinski definition) is 7. The summed E-state index contributed by atoms with van der Waals surface area (Å²) in [6.07, 6.45) is 0.0838. The minimum absolute atomic E-state index is 0.0718. The van der Waals surface area contributed by atoms with E-state index in [1.807, 2.05) is 0 Å². The number of carboxylic acid groups (broad SMARTS) is 1. The minimum atomic E-state index is -1.43. The van der Waals surface area contributed by atoms with Crippen LogP contribution in [0.1, 0.15) is 39.2 Å². The second-order valence-electron chi connectivity index (χ2n) is 8.15. The first kappa shape index (κ1) is 28.4. The monoisotopic (exact) mass is 479 g/mol. The number of aromatic hydroxyl groups is 1. The normalized spacial score (nSPS) is 15.2. The number of aliphatic carboxylic acids is 1. The van der Waals surface area contributed by atoms with Crippen LogP contribution in [0.15, 0.2) is 24.3 Å². The molecule has 188 valence electrons. The number of carboxylic acids is 1. The first-order valence-corrected chi connectivity index (χ1v) is 10.8. The van der Waals surface area contributed by atoms with E-state index in [4.69, 9.17) is 16.6 Å². The molecule has 0 spiro atoms. The molecule has 5 atom stereocenters. The molecule has 0 aliphatic rings. The van der Waals surface area contributed by atoms with Gasteiger partial charge in [0.1, 0.15) is 23.9 Å². The second-order valence-corrected chi connectivity index (χ2v) is 8.15. The average molecular weight is 480 g/mol. The minimum Gasteiger partial charge on any atom is -0.508 e. The molecule has 12 heteroatoms. The molecule has 0 fully saturated rings. The van der Waals surface area contributed by atoms with Crippen molar-refractivity contribution in [3.8, 4) is 5.75 Å². The highest BCUT2D eigenvalue weighted by molar-refractivity contribution is 5.96. The summed E-state index contributed by atoms with van der Waals surface area (Å²) in [5.41, 5.74) is 11.9. The Morgan fingerprint density at radius 3 is 2.03 bits per heavy atom. The van der Waals surface area contributed by atoms with E-state index in [9.17, 15) is 29.1 Å². The number of phenolic OH excluding ortho intramolecular Hbond substituents is 1. The van der Waals surface area contributed by atoms with E-state index in [1.54, 1.807) is 26.0 Å². The fraction of sp³-hybridized carbons (Fsp3) is 0.500. The number of rotatable bonds is 13. The van der Waals surface area contributed by atoms with E-state index in [1.165, 1.54) is 19.1 Å². The first-order valence-electron chi connectivity index (χ1n) is 10.8. The van der Waals surface area contributed by atoms with Crippen molar-refractivity contribution in [1.29, 1.82) is 0 Å². The number of carbonyl (C=O) groups is 5. The molecule has 1 rings (SSSR count). The summed E-state index contributed by atoms with van der Waals surface area (Å²) in [5.74, 6) is -4.73. The molecule has 12 nitrogen and oxygen atoms in total. The Balaban J connectivity index is 2.94. The average Bonchev–Trinajstić information content (AvgIpc) is 2.77. The predicted octanol–water partition coefficient (Wildman–Crippen LogP) is -1.26. The zero-order valence-electron chi connectivity index (χ0n) is 19.4. The Kier molecular flexibility index (Phi) is 11.0. The Labute approximate surface area is 197 Å². The Bertz CT molecular complexity index is 890. The van der Waals surface area contributed by atoms with E-state index < -0.39 is 60.2 Å². The van der Waals surface area contributed by atoms with Crippen LogP contribution < -0.4 is 27.4 Å². The van der Waals surface area contributed by atoms with Crippen molar-refractivity contribution in [2.75, 3.05) is 0 Å². The molecule has 4 amide bonds. The maximum atomic E-state index is 13.0. The molecule has 0 aromatic heterocycles. The van der Waals surface area contributed by atoms with Crippen LogP contribution in [0.25, 0.3) is 0 Å². The van der Waals surface area contributed by atoms with E-state index in [0.717, 1.165) is 0 Å². The largest absolute Gasteiger partial charge is 0.508 e. The predicted molar refractivity (Wildman–Crippen MR) is 122 cm³/mol. The van der Waals surface area contributed by atoms with Gasteiger partial charge in [-0.15, -0.1) is 0 Å². The van der Waals surface area contributed by atoms with Gasteiger partial charge in [0.15, 0.2) is 0 Å². The summed E-state index contributed by atoms with van der Waals surface area (Å²) < 4.78 is 0. The highest BCUT2D eigenvalue weighted by Crippen LogP contribution is 2.12. The maximum absolute atomic E-state index is 13.0. The molecule has 1 aromatic carbocycles. The number of nitrogens with one attached hydrogen (secondary N) is 3. The summed E-state index contributed by atoms with van der Waals surface area (Å²) >= 11 is 0. The van der Waals surface area contributed by atoms with Crippen molar-refractivity contribution < 1.29 is 34.2 Å². The van der Waals surface area contributed by atoms with Crippen molar-refractivity contribution in [1.82, 2.24) is 16.0 Å². The van der Waals surface area contributed by atoms with Gasteiger partial charge in [-0.05, 0) is 37.0 Å². The summed E-state index contributed by atoms with van der Waals surface area (Å²) in [4.78, 5) is 60.5. The van der Waals surface area contributed by atoms with Crippen LogP contribution >= 0.6 is 0 Å². The third-order valence-corrected chi connectivity index (χ3v) is 5.29. The molecule has 5 unspecified atom stereocenters. The lowest BCUT2D eigenvalue weighted by molar-refractivity contribution is -0.142. The van der Waals surface area contributed by atoms with Gasteiger partial charge in [0.2, 0.25) is 23.6 Å². The molecular weight excluding hydrogens is 446 g/mol. The molecule has 0 saturated heterocycles. The van der Waals surface area contributed by atoms with Crippen molar-refractivity contribution in [2.24, 2.45) is 17.4 Å². The van der Waals surface area contributed by atoms with Crippen LogP contribution in [-0.2, 0) is 30.4 Å². The van der Waals surface area contributed by atoms with Crippen LogP contribution in [0.3, 0.4) is 0 Å². The van der Waals surface area contributed by atoms with Crippen molar-refractivity contribution in [3.63, 3.8) is 0 Å². The first-order chi connectivity index (χ1) is 15.8. The topological polar surface area (TPSA) is 214 Å². The molecule has 34 heavy (non-hydrogen) atoms. The van der Waals surface area contributed by atoms with Gasteiger partial charge in [-0.3, -0.25) is 24.0 Å². The van der Waals surface area contributed by atoms with E-state index in [2.05, 4.69) is 16.0 Å². The van der Waals surface area contributed by atoms with Crippen molar-refractivity contribution in [3.05, 3.63) is 29.8 Å². The van der Waals surface area contributed by atoms with Gasteiger partial charge in [-0.1, -0.05) is 32.4 Å². The molecule has 0 aliphatic heterocycles. The van der Waals surface area contributed by atoms with Gasteiger partial charge in [0, 0.05) is 0 Å². The summed E-state index contributed by atoms with van der Waals surface area (Å²) in [6, 6.07) is 1.39. The quantitative estimate of drug-likeness (QED) is 0.181. The number of primary amides is 1. The molecule has 1 aromatic rings. The SMILES string of the molecule is CCC(C)C(NC(=O)C(N)Cc1ccc(O)cc1)C(=O)NC(CC(N)=O)C(=O)NC(C)C(=O)O. The Hall–Kier alpha value is -3.67. The fourth-order valence-electron chi connectivity index (χ4n) is 2.99. The van der Waals surface area contributed by atoms with Gasteiger partial charge < -0.3 is 37.6 Å². The van der Waals surface area contributed by atoms with Gasteiger partial charge in [0.05, 0.1) is 12.5 Å². The zero-order valence-corrected chi connectivity index (χ0v) is 19.4. The van der Waals surface area contributed by atoms with E-state index in [0.29, 0.717) is 12.0 Å². The second kappa shape index (κ2) is 13.1. The van der Waals surface area contributed by atoms with Crippen molar-refractivity contribution in [2.45, 2.75) is 64.2 Å². The van der Waals surface area contributed by atoms with Crippen LogP contribution in [-0.4, -0.2) is 64.0 Å². The van der Waals surface area contributed by atoms with Crippen LogP contribution in [0, 0.1) is 5.92 Å². The fourth-order valence-corrected chi connectivity index (χ4v) is 2.99. The van der Waals surface area contributed by atoms with E-state index in [-0.39, 0.29) is 18.1 Å². The Morgan fingerprint density at radius 2 is 1.53 bits per heavy atom. The third-order valence-electron chi connectivity index (χ3n) is 5.29. The molecule has 0 heterocycles. The van der Waals surface area contributed by atoms with E-state index >= 15 is 0 Å². The third kappa shape index (κ3) is 9.06. The standard InChI is InChI=1S/C22H33N5O7/c1-4-11(2)18(27-19(30)15(23)9-13-5-7-14(28)8-6-13)21(32)26-16(10-17(24)29)20(31)25-12(3)22(33)34/h5-8,11-12,15-16,18,28H,4,9-10,23H2,1-3H3,(H2,24,29)(H,25,31)(H,26,32)(H,27,30)(H,33,34). The summed E-state index contributed by atoms with van der Waals surface area (Å²) in [5, 5.41) is 25.5. The zero-order chi connectivity index (χ0) is 26.0. The number of benzene rings is 1. The van der Waals surface area contributed by atoms with Gasteiger partial charge in [0.25, 0.3) is 0 Å². The molecule has 9 N–H and O–H groups in total. The van der Waals surface area contributed by atoms with Crippen molar-refractivity contribution >= 4 is 29.6 Å². The lowest BCUT2D eigenvalue weighted by Crippen LogP contribution is -2.59. The van der Waals surface area contributed by atoms with Crippen LogP contribution in [0.2, 0.25) is 0 Å². The van der Waals surface area contributed by atoms with Crippen LogP contribution in [0.5, 0.6) is 5.75 Å². The number of amides is 4. The number of phenols is 1. The van der Waals surface area contributed by atoms with Gasteiger partial charge >= 0.3 is 5.97 Å². The lowest BCUT2D eigenvalue weighted by Gasteiger charge is -2.27. The summed E-state index contributed by atoms with van der Waals surface area (Å²) in [6.45, 7) is 4.74. The maximum Gasteiger partial charge on any atom is 0.325 e. The summed E-state index contributed by atoms with van der Waals surface area (Å²) in [7, 11) is 0. The molecule has 0 aliphatic carbocycles. The molecule has 0 bridgehead atoms. The number of nitrogens with two attached hydrogens (primary N) is 2. The molecule has 0 saturated carbocycles. The van der Waals surface area contributed by atoms with Crippen LogP contribution in [0.4, 0.5) is 0 Å². The van der Waals surface area contributed by atoms with Gasteiger partial charge in [-0.2, -0.15) is 0 Å². The Morgan fingerprint density at radius 1 is 0.941 bits per heavy atom. The highest BCUT2D eigenvalue weighted by atomic mass is 16.4. The molecular formula is C22H33N5O7.